The lowest BCUT2D eigenvalue weighted by atomic mass is 9.72. The van der Waals surface area contributed by atoms with Gasteiger partial charge in [0.2, 0.25) is 0 Å². The van der Waals surface area contributed by atoms with Crippen LogP contribution in [0, 0.1) is 0 Å². The van der Waals surface area contributed by atoms with Crippen LogP contribution in [0.5, 0.6) is 0 Å². The van der Waals surface area contributed by atoms with Crippen LogP contribution in [0.4, 0.5) is 0 Å². The molecule has 3 heterocycles. The monoisotopic (exact) mass is 454 g/mol. The van der Waals surface area contributed by atoms with Gasteiger partial charge in [-0.05, 0) is 64.3 Å². The number of carbonyl (C=O) groups is 1. The Labute approximate surface area is 195 Å². The van der Waals surface area contributed by atoms with Gasteiger partial charge >= 0.3 is 0 Å². The summed E-state index contributed by atoms with van der Waals surface area (Å²) in [4.78, 5) is 22.4. The number of nitrogens with one attached hydrogen (secondary N) is 1. The lowest BCUT2D eigenvalue weighted by molar-refractivity contribution is -0.250. The van der Waals surface area contributed by atoms with E-state index in [1.807, 2.05) is 44.1 Å². The first kappa shape index (κ1) is 23.8. The predicted molar refractivity (Wildman–Crippen MR) is 124 cm³/mol. The van der Waals surface area contributed by atoms with E-state index in [4.69, 9.17) is 4.74 Å². The molecular formula is C25H34N4O4. The smallest absolute Gasteiger partial charge is 0.270 e. The topological polar surface area (TPSA) is 108 Å². The molecule has 0 saturated carbocycles. The molecule has 2 fully saturated rings. The molecule has 1 aromatic heterocycles. The maximum Gasteiger partial charge on any atom is 0.270 e. The zero-order valence-corrected chi connectivity index (χ0v) is 19.5. The second-order valence-corrected chi connectivity index (χ2v) is 9.83. The van der Waals surface area contributed by atoms with Gasteiger partial charge in [0.25, 0.3) is 5.91 Å². The number of nitrogens with zero attached hydrogens (tertiary/aromatic N) is 3. The lowest BCUT2D eigenvalue weighted by Gasteiger charge is -2.52. The Kier molecular flexibility index (Phi) is 6.81. The Bertz CT molecular complexity index is 944. The summed E-state index contributed by atoms with van der Waals surface area (Å²) in [5.41, 5.74) is -0.306. The molecule has 2 aliphatic heterocycles. The Morgan fingerprint density at radius 1 is 1.27 bits per heavy atom. The fourth-order valence-electron chi connectivity index (χ4n) is 5.58. The van der Waals surface area contributed by atoms with Crippen LogP contribution in [0.25, 0.3) is 0 Å². The number of amides is 1. The number of fused-ring (bicyclic) bond motifs is 2. The lowest BCUT2D eigenvalue weighted by Crippen LogP contribution is -2.61. The van der Waals surface area contributed by atoms with Crippen molar-refractivity contribution in [1.82, 2.24) is 20.2 Å². The molecule has 0 unspecified atom stereocenters. The Morgan fingerprint density at radius 2 is 2.03 bits per heavy atom. The van der Waals surface area contributed by atoms with E-state index in [1.165, 1.54) is 24.2 Å². The van der Waals surface area contributed by atoms with E-state index in [0.717, 1.165) is 0 Å². The summed E-state index contributed by atoms with van der Waals surface area (Å²) in [6, 6.07) is 11.7. The maximum atomic E-state index is 12.5. The van der Waals surface area contributed by atoms with Crippen LogP contribution in [-0.4, -0.2) is 81.1 Å². The summed E-state index contributed by atoms with van der Waals surface area (Å²) in [6.45, 7) is 1.98. The summed E-state index contributed by atoms with van der Waals surface area (Å²) in [6.07, 6.45) is 3.71. The van der Waals surface area contributed by atoms with Crippen molar-refractivity contribution in [3.8, 4) is 0 Å². The number of benzene rings is 1. The number of aliphatic hydroxyl groups is 2. The van der Waals surface area contributed by atoms with E-state index in [2.05, 4.69) is 27.4 Å². The van der Waals surface area contributed by atoms with Gasteiger partial charge in [-0.3, -0.25) is 4.79 Å². The Hall–Kier alpha value is -2.39. The summed E-state index contributed by atoms with van der Waals surface area (Å²) < 4.78 is 6.66. The minimum absolute atomic E-state index is 0.0309. The molecule has 33 heavy (non-hydrogen) atoms. The maximum absolute atomic E-state index is 12.5. The molecule has 8 nitrogen and oxygen atoms in total. The number of rotatable bonds is 6. The van der Waals surface area contributed by atoms with Gasteiger partial charge in [0.05, 0.1) is 17.3 Å². The average Bonchev–Trinajstić information content (AvgIpc) is 2.90. The van der Waals surface area contributed by atoms with Crippen molar-refractivity contribution in [3.05, 3.63) is 60.2 Å². The third-order valence-electron chi connectivity index (χ3n) is 7.35. The van der Waals surface area contributed by atoms with Crippen molar-refractivity contribution in [2.75, 3.05) is 20.6 Å². The minimum Gasteiger partial charge on any atom is -0.388 e. The molecule has 0 spiro atoms. The Balaban J connectivity index is 1.62. The number of aromatic nitrogens is 2. The van der Waals surface area contributed by atoms with E-state index in [1.54, 1.807) is 0 Å². The highest BCUT2D eigenvalue weighted by Gasteiger charge is 2.57. The van der Waals surface area contributed by atoms with E-state index in [0.29, 0.717) is 25.7 Å². The van der Waals surface area contributed by atoms with Gasteiger partial charge in [0.15, 0.2) is 0 Å². The summed E-state index contributed by atoms with van der Waals surface area (Å²) in [5.74, 6) is -0.251. The third-order valence-corrected chi connectivity index (χ3v) is 7.35. The van der Waals surface area contributed by atoms with Crippen molar-refractivity contribution in [3.63, 3.8) is 0 Å². The highest BCUT2D eigenvalue weighted by molar-refractivity contribution is 5.92. The number of hydrogen-bond donors (Lipinski definition) is 3. The van der Waals surface area contributed by atoms with E-state index < -0.39 is 23.4 Å². The van der Waals surface area contributed by atoms with Gasteiger partial charge in [0.1, 0.15) is 18.1 Å². The van der Waals surface area contributed by atoms with E-state index in [9.17, 15) is 15.0 Å². The molecule has 2 aliphatic rings. The van der Waals surface area contributed by atoms with Crippen LogP contribution in [-0.2, 0) is 4.74 Å². The van der Waals surface area contributed by atoms with Crippen molar-refractivity contribution >= 4 is 5.91 Å². The van der Waals surface area contributed by atoms with Crippen LogP contribution in [0.1, 0.15) is 54.6 Å². The van der Waals surface area contributed by atoms with Crippen LogP contribution < -0.4 is 5.32 Å². The van der Waals surface area contributed by atoms with E-state index in [-0.39, 0.29) is 30.1 Å². The highest BCUT2D eigenvalue weighted by atomic mass is 16.6. The van der Waals surface area contributed by atoms with Crippen LogP contribution >= 0.6 is 0 Å². The fourth-order valence-corrected chi connectivity index (χ4v) is 5.58. The van der Waals surface area contributed by atoms with Gasteiger partial charge in [-0.2, -0.15) is 0 Å². The van der Waals surface area contributed by atoms with Gasteiger partial charge in [-0.15, -0.1) is 0 Å². The zero-order chi connectivity index (χ0) is 23.6. The van der Waals surface area contributed by atoms with E-state index >= 15 is 0 Å². The van der Waals surface area contributed by atoms with Gasteiger partial charge < -0.3 is 25.2 Å². The number of ether oxygens (including phenoxy) is 1. The largest absolute Gasteiger partial charge is 0.388 e. The molecule has 0 aliphatic carbocycles. The predicted octanol–water partition coefficient (Wildman–Crippen LogP) is 1.74. The van der Waals surface area contributed by atoms with Gasteiger partial charge in [-0.25, -0.2) is 9.97 Å². The molecule has 1 amide bonds. The zero-order valence-electron chi connectivity index (χ0n) is 19.5. The molecule has 2 aromatic rings. The van der Waals surface area contributed by atoms with Crippen molar-refractivity contribution in [2.24, 2.45) is 0 Å². The molecular weight excluding hydrogens is 420 g/mol. The van der Waals surface area contributed by atoms with Crippen molar-refractivity contribution in [2.45, 2.75) is 68.0 Å². The van der Waals surface area contributed by atoms with Crippen LogP contribution in [0.3, 0.4) is 0 Å². The second-order valence-electron chi connectivity index (χ2n) is 9.83. The fraction of sp³-hybridized carbons (Fsp3) is 0.560. The summed E-state index contributed by atoms with van der Waals surface area (Å²) >= 11 is 0. The minimum atomic E-state index is -0.942. The van der Waals surface area contributed by atoms with Crippen LogP contribution in [0.15, 0.2) is 48.9 Å². The molecule has 4 rings (SSSR count). The SMILES string of the molecule is CN(C)[C@@H]1CC[C@@]2([C@@H](O)CNC(=O)c3ccncn3)C[C@H](c3ccccc3)C[C@](C)(O2)[C@H]1O. The number of likely N-dealkylation sites (N-methyl/N-ethyl adjacent to an activating group) is 1. The number of carbonyl (C=O) groups excluding carboxylic acids is 1. The number of hydrogen-bond acceptors (Lipinski definition) is 7. The molecule has 6 atom stereocenters. The molecule has 178 valence electrons. The standard InChI is InChI=1S/C25H34N4O4/c1-24-13-18(17-7-5-4-6-8-17)14-25(33-24,11-9-20(22(24)31)29(2)3)21(30)15-27-23(32)19-10-12-26-16-28-19/h4-8,10,12,16,18,20-22,30-31H,9,11,13-15H2,1-3H3,(H,27,32)/t18-,20-,21+,22+,24+,25+/m1/s1. The molecule has 2 saturated heterocycles. The Morgan fingerprint density at radius 3 is 2.70 bits per heavy atom. The van der Waals surface area contributed by atoms with Gasteiger partial charge in [0, 0.05) is 18.8 Å². The third kappa shape index (κ3) is 4.80. The molecule has 1 aromatic carbocycles. The van der Waals surface area contributed by atoms with Crippen molar-refractivity contribution < 1.29 is 19.7 Å². The highest BCUT2D eigenvalue weighted by Crippen LogP contribution is 2.51. The first-order chi connectivity index (χ1) is 15.7. The van der Waals surface area contributed by atoms with Crippen LogP contribution in [0.2, 0.25) is 0 Å². The van der Waals surface area contributed by atoms with Crippen molar-refractivity contribution in [1.29, 1.82) is 0 Å². The molecule has 2 bridgehead atoms. The summed E-state index contributed by atoms with van der Waals surface area (Å²) in [7, 11) is 3.93. The quantitative estimate of drug-likeness (QED) is 0.610. The first-order valence-corrected chi connectivity index (χ1v) is 11.6. The summed E-state index contributed by atoms with van der Waals surface area (Å²) in [5, 5.41) is 25.6. The first-order valence-electron chi connectivity index (χ1n) is 11.6. The second kappa shape index (κ2) is 9.46. The molecule has 0 radical (unpaired) electrons. The van der Waals surface area contributed by atoms with Gasteiger partial charge in [-0.1, -0.05) is 30.3 Å². The average molecular weight is 455 g/mol. The number of aliphatic hydroxyl groups excluding tert-OH is 2. The molecule has 8 heteroatoms. The molecule has 3 N–H and O–H groups in total. The normalized spacial score (nSPS) is 32.7.